The minimum absolute atomic E-state index is 0.658. The van der Waals surface area contributed by atoms with Gasteiger partial charge in [0.1, 0.15) is 0 Å². The summed E-state index contributed by atoms with van der Waals surface area (Å²) in [5, 5.41) is 13.3. The molecule has 0 fully saturated rings. The molecule has 0 atom stereocenters. The molecule has 10 aromatic carbocycles. The largest absolute Gasteiger partial charge is 0.309 e. The number of fused-ring (bicyclic) bond motifs is 12. The third-order valence-corrected chi connectivity index (χ3v) is 12.5. The summed E-state index contributed by atoms with van der Waals surface area (Å²) in [4.78, 5) is 10.6. The molecule has 4 heteroatoms. The molecule has 0 radical (unpaired) electrons. The lowest BCUT2D eigenvalue weighted by molar-refractivity contribution is 1.01. The number of aromatic nitrogens is 4. The molecule has 3 aromatic heterocycles. The third kappa shape index (κ3) is 4.85. The summed E-state index contributed by atoms with van der Waals surface area (Å²) < 4.78 is 4.69. The molecule has 0 aliphatic carbocycles. The summed E-state index contributed by atoms with van der Waals surface area (Å²) >= 11 is 0. The number of hydrogen-bond acceptors (Lipinski definition) is 2. The van der Waals surface area contributed by atoms with Gasteiger partial charge in [-0.25, -0.2) is 9.97 Å². The van der Waals surface area contributed by atoms with Gasteiger partial charge in [-0.3, -0.25) is 4.57 Å². The van der Waals surface area contributed by atoms with Crippen molar-refractivity contribution in [3.8, 4) is 34.0 Å². The van der Waals surface area contributed by atoms with E-state index in [1.165, 1.54) is 70.5 Å². The molecular weight excluding hydrogens is 729 g/mol. The van der Waals surface area contributed by atoms with Crippen LogP contribution in [0.5, 0.6) is 0 Å². The van der Waals surface area contributed by atoms with E-state index in [2.05, 4.69) is 209 Å². The first-order valence-electron chi connectivity index (χ1n) is 20.5. The van der Waals surface area contributed by atoms with Gasteiger partial charge in [0.2, 0.25) is 5.95 Å². The van der Waals surface area contributed by atoms with Gasteiger partial charge >= 0.3 is 0 Å². The Morgan fingerprint density at radius 2 is 0.817 bits per heavy atom. The van der Waals surface area contributed by atoms with Gasteiger partial charge in [0, 0.05) is 38.2 Å². The van der Waals surface area contributed by atoms with Crippen LogP contribution in [0.25, 0.3) is 121 Å². The van der Waals surface area contributed by atoms with E-state index in [1.807, 2.05) is 6.07 Å². The minimum Gasteiger partial charge on any atom is -0.309 e. The molecule has 60 heavy (non-hydrogen) atoms. The highest BCUT2D eigenvalue weighted by atomic mass is 15.2. The van der Waals surface area contributed by atoms with Crippen LogP contribution in [0, 0.1) is 0 Å². The maximum atomic E-state index is 5.36. The monoisotopic (exact) mass is 762 g/mol. The first-order chi connectivity index (χ1) is 29.7. The second kappa shape index (κ2) is 12.7. The van der Waals surface area contributed by atoms with Crippen molar-refractivity contribution in [2.75, 3.05) is 0 Å². The first-order valence-corrected chi connectivity index (χ1v) is 20.5. The highest BCUT2D eigenvalue weighted by Gasteiger charge is 2.21. The Labute approximate surface area is 344 Å². The number of nitrogens with zero attached hydrogens (tertiary/aromatic N) is 4. The maximum absolute atomic E-state index is 5.36. The van der Waals surface area contributed by atoms with E-state index in [1.54, 1.807) is 0 Å². The van der Waals surface area contributed by atoms with Crippen molar-refractivity contribution in [3.63, 3.8) is 0 Å². The zero-order valence-electron chi connectivity index (χ0n) is 32.4. The Bertz CT molecular complexity index is 3890. The lowest BCUT2D eigenvalue weighted by atomic mass is 9.98. The van der Waals surface area contributed by atoms with Gasteiger partial charge < -0.3 is 4.57 Å². The van der Waals surface area contributed by atoms with Crippen LogP contribution in [0.3, 0.4) is 0 Å². The molecule has 0 N–H and O–H groups in total. The quantitative estimate of drug-likeness (QED) is 0.179. The zero-order chi connectivity index (χ0) is 39.3. The van der Waals surface area contributed by atoms with Crippen molar-refractivity contribution < 1.29 is 0 Å². The first kappa shape index (κ1) is 32.9. The molecule has 13 aromatic rings. The predicted octanol–water partition coefficient (Wildman–Crippen LogP) is 14.6. The lowest BCUT2D eigenvalue weighted by Crippen LogP contribution is -2.03. The van der Waals surface area contributed by atoms with Crippen molar-refractivity contribution in [1.29, 1.82) is 0 Å². The van der Waals surface area contributed by atoms with E-state index in [9.17, 15) is 0 Å². The SMILES string of the molecule is c1ccc(-c2nc(-n3c4ccc(-c5ccc6c(c5)c5c7ccccc7ccc5n6-c5ccc6ccccc6c5)cc4c4c5ccccc5ccc43)nc3ccccc23)cc1. The fraction of sp³-hybridized carbons (Fsp3) is 0. The van der Waals surface area contributed by atoms with E-state index in [0.29, 0.717) is 5.95 Å². The molecule has 0 saturated heterocycles. The second-order valence-electron chi connectivity index (χ2n) is 15.8. The third-order valence-electron chi connectivity index (χ3n) is 12.5. The van der Waals surface area contributed by atoms with Crippen molar-refractivity contribution >= 4 is 86.8 Å². The lowest BCUT2D eigenvalue weighted by Gasteiger charge is -2.12. The molecule has 0 unspecified atom stereocenters. The smallest absolute Gasteiger partial charge is 0.235 e. The highest BCUT2D eigenvalue weighted by molar-refractivity contribution is 6.23. The summed E-state index contributed by atoms with van der Waals surface area (Å²) in [6, 6.07) is 74.5. The molecule has 278 valence electrons. The van der Waals surface area contributed by atoms with Gasteiger partial charge in [-0.15, -0.1) is 0 Å². The summed E-state index contributed by atoms with van der Waals surface area (Å²) in [6.45, 7) is 0. The standard InChI is InChI=1S/C56H34N4/c1-2-15-38(16-3-1)55-45-20-10-11-21-48(45)57-56(58-55)60-50-29-26-41(34-47(50)54-44-19-9-7-14-37(44)24-31-52(54)60)40-25-28-49-46(33-40)53-43-18-8-6-13-36(43)23-30-51(53)59(49)42-27-22-35-12-4-5-17-39(35)32-42/h1-34H. The van der Waals surface area contributed by atoms with Gasteiger partial charge in [-0.05, 0) is 98.0 Å². The van der Waals surface area contributed by atoms with Crippen LogP contribution in [0.15, 0.2) is 206 Å². The Morgan fingerprint density at radius 1 is 0.300 bits per heavy atom. The molecule has 0 spiro atoms. The van der Waals surface area contributed by atoms with Crippen LogP contribution in [0.4, 0.5) is 0 Å². The average molecular weight is 763 g/mol. The summed E-state index contributed by atoms with van der Waals surface area (Å²) in [5.74, 6) is 0.658. The Hall–Kier alpha value is -8.08. The van der Waals surface area contributed by atoms with Crippen LogP contribution in [0.1, 0.15) is 0 Å². The van der Waals surface area contributed by atoms with Crippen molar-refractivity contribution in [3.05, 3.63) is 206 Å². The molecule has 3 heterocycles. The van der Waals surface area contributed by atoms with Gasteiger partial charge in [0.15, 0.2) is 0 Å². The topological polar surface area (TPSA) is 35.6 Å². The maximum Gasteiger partial charge on any atom is 0.235 e. The number of rotatable bonds is 4. The van der Waals surface area contributed by atoms with Gasteiger partial charge in [-0.2, -0.15) is 0 Å². The predicted molar refractivity (Wildman–Crippen MR) is 252 cm³/mol. The number of hydrogen-bond donors (Lipinski definition) is 0. The molecule has 0 saturated carbocycles. The van der Waals surface area contributed by atoms with E-state index < -0.39 is 0 Å². The normalized spacial score (nSPS) is 12.0. The summed E-state index contributed by atoms with van der Waals surface area (Å²) in [6.07, 6.45) is 0. The van der Waals surface area contributed by atoms with Gasteiger partial charge in [-0.1, -0.05) is 152 Å². The van der Waals surface area contributed by atoms with Crippen molar-refractivity contribution in [1.82, 2.24) is 19.1 Å². The van der Waals surface area contributed by atoms with E-state index >= 15 is 0 Å². The molecule has 13 rings (SSSR count). The van der Waals surface area contributed by atoms with Crippen LogP contribution in [0.2, 0.25) is 0 Å². The Balaban J connectivity index is 1.07. The Morgan fingerprint density at radius 3 is 1.50 bits per heavy atom. The van der Waals surface area contributed by atoms with Crippen LogP contribution in [-0.4, -0.2) is 19.1 Å². The molecule has 0 amide bonds. The minimum atomic E-state index is 0.658. The highest BCUT2D eigenvalue weighted by Crippen LogP contribution is 2.42. The van der Waals surface area contributed by atoms with E-state index in [0.717, 1.165) is 44.4 Å². The van der Waals surface area contributed by atoms with Crippen LogP contribution >= 0.6 is 0 Å². The summed E-state index contributed by atoms with van der Waals surface area (Å²) in [7, 11) is 0. The van der Waals surface area contributed by atoms with Crippen molar-refractivity contribution in [2.24, 2.45) is 0 Å². The second-order valence-corrected chi connectivity index (χ2v) is 15.8. The Kier molecular flexibility index (Phi) is 6.98. The average Bonchev–Trinajstić information content (AvgIpc) is 3.84. The van der Waals surface area contributed by atoms with Gasteiger partial charge in [0.05, 0.1) is 33.3 Å². The van der Waals surface area contributed by atoms with E-state index in [-0.39, 0.29) is 0 Å². The fourth-order valence-electron chi connectivity index (χ4n) is 9.73. The molecule has 0 aliphatic heterocycles. The summed E-state index contributed by atoms with van der Waals surface area (Å²) in [5.41, 5.74) is 10.9. The fourth-order valence-corrected chi connectivity index (χ4v) is 9.73. The number of benzene rings is 10. The van der Waals surface area contributed by atoms with E-state index in [4.69, 9.17) is 9.97 Å². The van der Waals surface area contributed by atoms with Crippen LogP contribution < -0.4 is 0 Å². The van der Waals surface area contributed by atoms with Gasteiger partial charge in [0.25, 0.3) is 0 Å². The zero-order valence-corrected chi connectivity index (χ0v) is 32.4. The molecule has 4 nitrogen and oxygen atoms in total. The van der Waals surface area contributed by atoms with Crippen LogP contribution in [-0.2, 0) is 0 Å². The molecule has 0 aliphatic rings. The number of para-hydroxylation sites is 1. The molecule has 0 bridgehead atoms. The van der Waals surface area contributed by atoms with Crippen molar-refractivity contribution in [2.45, 2.75) is 0 Å². The molecular formula is C56H34N4.